The van der Waals surface area contributed by atoms with Gasteiger partial charge in [0.1, 0.15) is 0 Å². The predicted octanol–water partition coefficient (Wildman–Crippen LogP) is 1.74. The zero-order valence-corrected chi connectivity index (χ0v) is 7.13. The first-order valence-electron chi connectivity index (χ1n) is 3.12. The number of halogens is 3. The van der Waals surface area contributed by atoms with Gasteiger partial charge in [-0.3, -0.25) is 0 Å². The Morgan fingerprint density at radius 3 is 2.18 bits per heavy atom. The standard InChI is InChI=1S/C5H7ClF2O2S/c6-11(9,10)4-1-2-5(7,8)3-4/h4H,1-3H2/t4-/m1/s1. The van der Waals surface area contributed by atoms with Gasteiger partial charge in [-0.1, -0.05) is 0 Å². The molecule has 1 atom stereocenters. The molecule has 0 aromatic heterocycles. The van der Waals surface area contributed by atoms with Crippen LogP contribution in [-0.4, -0.2) is 19.6 Å². The molecule has 0 aliphatic heterocycles. The highest BCUT2D eigenvalue weighted by molar-refractivity contribution is 8.14. The van der Waals surface area contributed by atoms with E-state index in [9.17, 15) is 17.2 Å². The van der Waals surface area contributed by atoms with Gasteiger partial charge in [0.2, 0.25) is 15.0 Å². The van der Waals surface area contributed by atoms with E-state index in [1.54, 1.807) is 0 Å². The fourth-order valence-electron chi connectivity index (χ4n) is 1.15. The maximum Gasteiger partial charge on any atom is 0.249 e. The van der Waals surface area contributed by atoms with Crippen LogP contribution in [0, 0.1) is 0 Å². The quantitative estimate of drug-likeness (QED) is 0.610. The monoisotopic (exact) mass is 204 g/mol. The van der Waals surface area contributed by atoms with Gasteiger partial charge >= 0.3 is 0 Å². The van der Waals surface area contributed by atoms with Crippen LogP contribution in [0.3, 0.4) is 0 Å². The minimum Gasteiger partial charge on any atom is -0.212 e. The number of alkyl halides is 2. The predicted molar refractivity (Wildman–Crippen MR) is 37.4 cm³/mol. The van der Waals surface area contributed by atoms with Crippen molar-refractivity contribution in [1.29, 1.82) is 0 Å². The summed E-state index contributed by atoms with van der Waals surface area (Å²) in [6.07, 6.45) is -1.03. The van der Waals surface area contributed by atoms with Crippen molar-refractivity contribution in [3.8, 4) is 0 Å². The summed E-state index contributed by atoms with van der Waals surface area (Å²) in [6, 6.07) is 0. The Morgan fingerprint density at radius 2 is 2.00 bits per heavy atom. The Morgan fingerprint density at radius 1 is 1.45 bits per heavy atom. The number of hydrogen-bond acceptors (Lipinski definition) is 2. The molecule has 0 aromatic carbocycles. The van der Waals surface area contributed by atoms with Gasteiger partial charge in [0, 0.05) is 23.5 Å². The maximum atomic E-state index is 12.4. The second kappa shape index (κ2) is 2.55. The van der Waals surface area contributed by atoms with E-state index in [0.717, 1.165) is 0 Å². The van der Waals surface area contributed by atoms with Gasteiger partial charge in [0.05, 0.1) is 5.25 Å². The Labute approximate surface area is 68.0 Å². The SMILES string of the molecule is O=S(=O)(Cl)[C@@H]1CCC(F)(F)C1. The van der Waals surface area contributed by atoms with Crippen molar-refractivity contribution in [1.82, 2.24) is 0 Å². The van der Waals surface area contributed by atoms with Crippen molar-refractivity contribution in [2.24, 2.45) is 0 Å². The molecule has 0 unspecified atom stereocenters. The van der Waals surface area contributed by atoms with Gasteiger partial charge in [-0.15, -0.1) is 0 Å². The molecule has 2 nitrogen and oxygen atoms in total. The summed E-state index contributed by atoms with van der Waals surface area (Å²) in [4.78, 5) is 0. The van der Waals surface area contributed by atoms with E-state index in [1.165, 1.54) is 0 Å². The van der Waals surface area contributed by atoms with Gasteiger partial charge in [-0.2, -0.15) is 0 Å². The Kier molecular flexibility index (Phi) is 2.13. The van der Waals surface area contributed by atoms with Crippen molar-refractivity contribution < 1.29 is 17.2 Å². The minimum atomic E-state index is -3.78. The fourth-order valence-corrected chi connectivity index (χ4v) is 2.45. The van der Waals surface area contributed by atoms with Crippen LogP contribution in [0.15, 0.2) is 0 Å². The van der Waals surface area contributed by atoms with Crippen molar-refractivity contribution >= 4 is 19.7 Å². The van der Waals surface area contributed by atoms with Gasteiger partial charge in [-0.05, 0) is 6.42 Å². The van der Waals surface area contributed by atoms with Gasteiger partial charge in [-0.25, -0.2) is 17.2 Å². The van der Waals surface area contributed by atoms with E-state index in [1.807, 2.05) is 0 Å². The fraction of sp³-hybridized carbons (Fsp3) is 1.00. The van der Waals surface area contributed by atoms with Crippen LogP contribution >= 0.6 is 10.7 Å². The maximum absolute atomic E-state index is 12.4. The largest absolute Gasteiger partial charge is 0.249 e. The molecule has 0 saturated heterocycles. The number of rotatable bonds is 1. The average molecular weight is 205 g/mol. The molecule has 1 aliphatic carbocycles. The topological polar surface area (TPSA) is 34.1 Å². The highest BCUT2D eigenvalue weighted by Gasteiger charge is 2.44. The lowest BCUT2D eigenvalue weighted by Crippen LogP contribution is -2.16. The van der Waals surface area contributed by atoms with Crippen molar-refractivity contribution in [3.63, 3.8) is 0 Å². The summed E-state index contributed by atoms with van der Waals surface area (Å²) in [5.41, 5.74) is 0. The first kappa shape index (κ1) is 9.19. The summed E-state index contributed by atoms with van der Waals surface area (Å²) in [5.74, 6) is -2.84. The van der Waals surface area contributed by atoms with E-state index in [4.69, 9.17) is 10.7 Å². The second-order valence-electron chi connectivity index (χ2n) is 2.70. The molecule has 1 saturated carbocycles. The third kappa shape index (κ3) is 2.27. The lowest BCUT2D eigenvalue weighted by Gasteiger charge is -2.06. The van der Waals surface area contributed by atoms with E-state index in [-0.39, 0.29) is 12.8 Å². The normalized spacial score (nSPS) is 30.6. The molecule has 6 heteroatoms. The minimum absolute atomic E-state index is 0.0289. The molecule has 1 fully saturated rings. The van der Waals surface area contributed by atoms with Gasteiger partial charge in [0.25, 0.3) is 0 Å². The zero-order chi connectivity index (χ0) is 8.70. The molecule has 0 amide bonds. The van der Waals surface area contributed by atoms with E-state index in [0.29, 0.717) is 0 Å². The van der Waals surface area contributed by atoms with Crippen molar-refractivity contribution in [2.75, 3.05) is 0 Å². The van der Waals surface area contributed by atoms with Crippen LogP contribution in [0.2, 0.25) is 0 Å². The average Bonchev–Trinajstić information content (AvgIpc) is 2.07. The molecule has 0 bridgehead atoms. The molecule has 1 rings (SSSR count). The smallest absolute Gasteiger partial charge is 0.212 e. The first-order valence-corrected chi connectivity index (χ1v) is 5.50. The van der Waals surface area contributed by atoms with Crippen LogP contribution in [0.4, 0.5) is 8.78 Å². The summed E-state index contributed by atoms with van der Waals surface area (Å²) in [7, 11) is 1.12. The third-order valence-corrected chi connectivity index (χ3v) is 3.71. The Bertz CT molecular complexity index is 249. The highest BCUT2D eigenvalue weighted by Crippen LogP contribution is 2.39. The molecule has 0 spiro atoms. The van der Waals surface area contributed by atoms with E-state index < -0.39 is 26.6 Å². The lowest BCUT2D eigenvalue weighted by atomic mass is 10.3. The number of hydrogen-bond donors (Lipinski definition) is 0. The Balaban J connectivity index is 2.71. The Hall–Kier alpha value is 0.1000. The second-order valence-corrected chi connectivity index (χ2v) is 5.60. The molecular weight excluding hydrogens is 198 g/mol. The van der Waals surface area contributed by atoms with Crippen LogP contribution < -0.4 is 0 Å². The van der Waals surface area contributed by atoms with Crippen LogP contribution in [-0.2, 0) is 9.05 Å². The molecule has 1 aliphatic rings. The van der Waals surface area contributed by atoms with Crippen molar-refractivity contribution in [3.05, 3.63) is 0 Å². The molecular formula is C5H7ClF2O2S. The van der Waals surface area contributed by atoms with Crippen LogP contribution in [0.25, 0.3) is 0 Å². The van der Waals surface area contributed by atoms with Gasteiger partial charge < -0.3 is 0 Å². The molecule has 0 aromatic rings. The van der Waals surface area contributed by atoms with Crippen LogP contribution in [0.1, 0.15) is 19.3 Å². The van der Waals surface area contributed by atoms with Crippen LogP contribution in [0.5, 0.6) is 0 Å². The summed E-state index contributed by atoms with van der Waals surface area (Å²) in [6.45, 7) is 0. The molecule has 0 radical (unpaired) electrons. The van der Waals surface area contributed by atoms with E-state index in [2.05, 4.69) is 0 Å². The molecule has 11 heavy (non-hydrogen) atoms. The summed E-state index contributed by atoms with van der Waals surface area (Å²) in [5, 5.41) is -1.06. The van der Waals surface area contributed by atoms with Crippen molar-refractivity contribution in [2.45, 2.75) is 30.4 Å². The summed E-state index contributed by atoms with van der Waals surface area (Å²) < 4.78 is 45.9. The van der Waals surface area contributed by atoms with Gasteiger partial charge in [0.15, 0.2) is 0 Å². The highest BCUT2D eigenvalue weighted by atomic mass is 35.7. The third-order valence-electron chi connectivity index (χ3n) is 1.76. The lowest BCUT2D eigenvalue weighted by molar-refractivity contribution is 0.00960. The summed E-state index contributed by atoms with van der Waals surface area (Å²) >= 11 is 0. The van der Waals surface area contributed by atoms with E-state index >= 15 is 0 Å². The molecule has 0 N–H and O–H groups in total. The first-order chi connectivity index (χ1) is 4.81. The molecule has 0 heterocycles. The molecule has 66 valence electrons. The zero-order valence-electron chi connectivity index (χ0n) is 5.56.